The molecule has 4 aromatic carbocycles. The zero-order chi connectivity index (χ0) is 22.8. The van der Waals surface area contributed by atoms with E-state index >= 15 is 0 Å². The highest BCUT2D eigenvalue weighted by atomic mass is 16.1. The molecule has 0 spiro atoms. The van der Waals surface area contributed by atoms with Gasteiger partial charge in [0.15, 0.2) is 0 Å². The Labute approximate surface area is 193 Å². The highest BCUT2D eigenvalue weighted by molar-refractivity contribution is 6.13. The summed E-state index contributed by atoms with van der Waals surface area (Å²) in [5, 5.41) is 3.91. The summed E-state index contributed by atoms with van der Waals surface area (Å²) in [7, 11) is 0. The largest absolute Gasteiger partial charge is 0.322 e. The molecule has 0 atom stereocenters. The lowest BCUT2D eigenvalue weighted by atomic mass is 10.0. The summed E-state index contributed by atoms with van der Waals surface area (Å²) in [6.07, 6.45) is 0. The normalized spacial score (nSPS) is 10.8. The number of nitrogens with zero attached hydrogens (tertiary/aromatic N) is 1. The standard InChI is InChI=1S/C30H24N2O/c1-20-16-21(2)18-25(17-20)31-30(33)27-19-29(32-28-11-7-6-10-26(27)28)24-14-12-23(13-15-24)22-8-4-3-5-9-22/h3-19H,1-2H3,(H,31,33). The fraction of sp³-hybridized carbons (Fsp3) is 0.0667. The van der Waals surface area contributed by atoms with Crippen LogP contribution < -0.4 is 5.32 Å². The van der Waals surface area contributed by atoms with Gasteiger partial charge in [-0.15, -0.1) is 0 Å². The summed E-state index contributed by atoms with van der Waals surface area (Å²) in [6.45, 7) is 4.06. The SMILES string of the molecule is Cc1cc(C)cc(NC(=O)c2cc(-c3ccc(-c4ccccc4)cc3)nc3ccccc23)c1. The number of aryl methyl sites for hydroxylation is 2. The summed E-state index contributed by atoms with van der Waals surface area (Å²) in [5.74, 6) is -0.138. The third-order valence-corrected chi connectivity index (χ3v) is 5.73. The summed E-state index contributed by atoms with van der Waals surface area (Å²) >= 11 is 0. The van der Waals surface area contributed by atoms with E-state index in [1.807, 2.05) is 74.5 Å². The van der Waals surface area contributed by atoms with Crippen molar-refractivity contribution in [2.24, 2.45) is 0 Å². The van der Waals surface area contributed by atoms with Crippen LogP contribution >= 0.6 is 0 Å². The molecule has 0 radical (unpaired) electrons. The average molecular weight is 429 g/mol. The predicted molar refractivity (Wildman–Crippen MR) is 136 cm³/mol. The first-order valence-electron chi connectivity index (χ1n) is 11.0. The van der Waals surface area contributed by atoms with Gasteiger partial charge in [0.05, 0.1) is 16.8 Å². The van der Waals surface area contributed by atoms with Gasteiger partial charge in [0, 0.05) is 16.6 Å². The molecule has 160 valence electrons. The second-order valence-corrected chi connectivity index (χ2v) is 8.35. The summed E-state index contributed by atoms with van der Waals surface area (Å²) < 4.78 is 0. The van der Waals surface area contributed by atoms with Crippen molar-refractivity contribution < 1.29 is 4.79 Å². The van der Waals surface area contributed by atoms with Crippen molar-refractivity contribution in [3.8, 4) is 22.4 Å². The van der Waals surface area contributed by atoms with Gasteiger partial charge in [-0.05, 0) is 60.4 Å². The van der Waals surface area contributed by atoms with Crippen LogP contribution in [0.25, 0.3) is 33.3 Å². The van der Waals surface area contributed by atoms with E-state index in [-0.39, 0.29) is 5.91 Å². The minimum absolute atomic E-state index is 0.138. The number of hydrogen-bond acceptors (Lipinski definition) is 2. The van der Waals surface area contributed by atoms with Gasteiger partial charge in [0.1, 0.15) is 0 Å². The first-order valence-corrected chi connectivity index (χ1v) is 11.0. The van der Waals surface area contributed by atoms with Crippen molar-refractivity contribution in [1.82, 2.24) is 4.98 Å². The molecule has 1 N–H and O–H groups in total. The minimum atomic E-state index is -0.138. The zero-order valence-corrected chi connectivity index (χ0v) is 18.7. The molecular formula is C30H24N2O. The molecule has 0 fully saturated rings. The van der Waals surface area contributed by atoms with Gasteiger partial charge < -0.3 is 5.32 Å². The number of para-hydroxylation sites is 1. The highest BCUT2D eigenvalue weighted by Crippen LogP contribution is 2.28. The topological polar surface area (TPSA) is 42.0 Å². The number of amides is 1. The van der Waals surface area contributed by atoms with E-state index in [2.05, 4.69) is 47.8 Å². The van der Waals surface area contributed by atoms with E-state index in [1.54, 1.807) is 0 Å². The molecule has 5 rings (SSSR count). The van der Waals surface area contributed by atoms with E-state index in [4.69, 9.17) is 4.98 Å². The zero-order valence-electron chi connectivity index (χ0n) is 18.7. The van der Waals surface area contributed by atoms with Gasteiger partial charge in [-0.2, -0.15) is 0 Å². The Hall–Kier alpha value is -4.24. The van der Waals surface area contributed by atoms with Gasteiger partial charge in [-0.3, -0.25) is 4.79 Å². The molecule has 0 unspecified atom stereocenters. The second kappa shape index (κ2) is 8.71. The number of pyridine rings is 1. The number of nitrogens with one attached hydrogen (secondary N) is 1. The maximum atomic E-state index is 13.3. The lowest BCUT2D eigenvalue weighted by Gasteiger charge is -2.12. The Kier molecular flexibility index (Phi) is 5.45. The lowest BCUT2D eigenvalue weighted by Crippen LogP contribution is -2.13. The minimum Gasteiger partial charge on any atom is -0.322 e. The van der Waals surface area contributed by atoms with Crippen molar-refractivity contribution in [1.29, 1.82) is 0 Å². The number of carbonyl (C=O) groups excluding carboxylic acids is 1. The fourth-order valence-electron chi connectivity index (χ4n) is 4.22. The van der Waals surface area contributed by atoms with Crippen LogP contribution in [0.2, 0.25) is 0 Å². The number of carbonyl (C=O) groups is 1. The first kappa shape index (κ1) is 20.7. The molecular weight excluding hydrogens is 404 g/mol. The molecule has 0 aliphatic heterocycles. The van der Waals surface area contributed by atoms with E-state index in [0.29, 0.717) is 5.56 Å². The quantitative estimate of drug-likeness (QED) is 0.323. The number of benzene rings is 4. The summed E-state index contributed by atoms with van der Waals surface area (Å²) in [4.78, 5) is 18.2. The van der Waals surface area contributed by atoms with Crippen molar-refractivity contribution in [2.75, 3.05) is 5.32 Å². The molecule has 3 heteroatoms. The predicted octanol–water partition coefficient (Wildman–Crippen LogP) is 7.44. The monoisotopic (exact) mass is 428 g/mol. The maximum Gasteiger partial charge on any atom is 0.256 e. The van der Waals surface area contributed by atoms with Crippen molar-refractivity contribution in [2.45, 2.75) is 13.8 Å². The van der Waals surface area contributed by atoms with Crippen LogP contribution in [0.4, 0.5) is 5.69 Å². The number of aromatic nitrogens is 1. The first-order chi connectivity index (χ1) is 16.1. The highest BCUT2D eigenvalue weighted by Gasteiger charge is 2.15. The Morgan fingerprint density at radius 2 is 1.27 bits per heavy atom. The van der Waals surface area contributed by atoms with E-state index in [0.717, 1.165) is 44.5 Å². The van der Waals surface area contributed by atoms with E-state index < -0.39 is 0 Å². The Morgan fingerprint density at radius 3 is 2.00 bits per heavy atom. The van der Waals surface area contributed by atoms with Gasteiger partial charge in [-0.25, -0.2) is 4.98 Å². The molecule has 3 nitrogen and oxygen atoms in total. The van der Waals surface area contributed by atoms with E-state index in [9.17, 15) is 4.79 Å². The number of anilines is 1. The van der Waals surface area contributed by atoms with Crippen LogP contribution in [0.5, 0.6) is 0 Å². The molecule has 1 aromatic heterocycles. The second-order valence-electron chi connectivity index (χ2n) is 8.35. The van der Waals surface area contributed by atoms with Gasteiger partial charge in [0.25, 0.3) is 5.91 Å². The van der Waals surface area contributed by atoms with E-state index in [1.165, 1.54) is 5.56 Å². The molecule has 0 saturated heterocycles. The van der Waals surface area contributed by atoms with Gasteiger partial charge >= 0.3 is 0 Å². The summed E-state index contributed by atoms with van der Waals surface area (Å²) in [5.41, 5.74) is 8.51. The van der Waals surface area contributed by atoms with Crippen LogP contribution in [0.15, 0.2) is 103 Å². The number of rotatable bonds is 4. The third-order valence-electron chi connectivity index (χ3n) is 5.73. The van der Waals surface area contributed by atoms with Crippen LogP contribution in [0.1, 0.15) is 21.5 Å². The fourth-order valence-corrected chi connectivity index (χ4v) is 4.22. The molecule has 33 heavy (non-hydrogen) atoms. The van der Waals surface area contributed by atoms with Crippen molar-refractivity contribution in [3.63, 3.8) is 0 Å². The molecule has 0 saturated carbocycles. The molecule has 5 aromatic rings. The van der Waals surface area contributed by atoms with Crippen LogP contribution in [0.3, 0.4) is 0 Å². The number of hydrogen-bond donors (Lipinski definition) is 1. The Balaban J connectivity index is 1.54. The Morgan fingerprint density at radius 1 is 0.667 bits per heavy atom. The Bertz CT molecular complexity index is 1430. The average Bonchev–Trinajstić information content (AvgIpc) is 2.83. The van der Waals surface area contributed by atoms with Crippen LogP contribution in [0, 0.1) is 13.8 Å². The maximum absolute atomic E-state index is 13.3. The van der Waals surface area contributed by atoms with Crippen LogP contribution in [-0.2, 0) is 0 Å². The van der Waals surface area contributed by atoms with Gasteiger partial charge in [-0.1, -0.05) is 78.9 Å². The van der Waals surface area contributed by atoms with Crippen LogP contribution in [-0.4, -0.2) is 10.9 Å². The number of fused-ring (bicyclic) bond motifs is 1. The molecule has 0 aliphatic carbocycles. The molecule has 1 heterocycles. The van der Waals surface area contributed by atoms with Crippen molar-refractivity contribution >= 4 is 22.5 Å². The third kappa shape index (κ3) is 4.39. The summed E-state index contributed by atoms with van der Waals surface area (Å²) in [6, 6.07) is 34.3. The van der Waals surface area contributed by atoms with Crippen molar-refractivity contribution in [3.05, 3.63) is 120 Å². The lowest BCUT2D eigenvalue weighted by molar-refractivity contribution is 0.102. The van der Waals surface area contributed by atoms with Gasteiger partial charge in [0.2, 0.25) is 0 Å². The molecule has 0 aliphatic rings. The molecule has 1 amide bonds. The smallest absolute Gasteiger partial charge is 0.256 e. The molecule has 0 bridgehead atoms.